The molecule has 1 amide bonds. The number of carbonyl (C=O) groups excluding carboxylic acids is 1. The van der Waals surface area contributed by atoms with Gasteiger partial charge in [0, 0.05) is 24.7 Å². The molecule has 0 bridgehead atoms. The Labute approximate surface area is 124 Å². The van der Waals surface area contributed by atoms with Gasteiger partial charge in [-0.05, 0) is 57.8 Å². The van der Waals surface area contributed by atoms with E-state index in [1.165, 1.54) is 18.9 Å². The zero-order valence-corrected chi connectivity index (χ0v) is 12.8. The zero-order chi connectivity index (χ0) is 15.0. The van der Waals surface area contributed by atoms with Crippen LogP contribution in [0.1, 0.15) is 42.2 Å². The van der Waals surface area contributed by atoms with Crippen LogP contribution >= 0.6 is 0 Å². The number of amides is 1. The van der Waals surface area contributed by atoms with Crippen molar-refractivity contribution < 1.29 is 4.79 Å². The molecule has 1 N–H and O–H groups in total. The number of aryl methyl sites for hydroxylation is 1. The summed E-state index contributed by atoms with van der Waals surface area (Å²) in [6, 6.07) is 3.98. The van der Waals surface area contributed by atoms with Crippen LogP contribution < -0.4 is 5.56 Å². The molecule has 0 saturated carbocycles. The first-order valence-corrected chi connectivity index (χ1v) is 7.80. The molecule has 3 rings (SSSR count). The van der Waals surface area contributed by atoms with Gasteiger partial charge < -0.3 is 9.88 Å². The molecule has 114 valence electrons. The van der Waals surface area contributed by atoms with Crippen LogP contribution in [-0.4, -0.2) is 52.4 Å². The Balaban J connectivity index is 1.76. The van der Waals surface area contributed by atoms with E-state index in [0.29, 0.717) is 11.7 Å². The van der Waals surface area contributed by atoms with Crippen molar-refractivity contribution in [3.63, 3.8) is 0 Å². The standard InChI is InChI=1S/C16H23N3O2/c1-11-7-14(17-15(20)8-11)16(21)19-10-13(9-12(19)2)18-5-3-4-6-18/h7-8,12-13H,3-6,9-10H2,1-2H3,(H,17,20). The number of carbonyl (C=O) groups is 1. The highest BCUT2D eigenvalue weighted by Crippen LogP contribution is 2.26. The Kier molecular flexibility index (Phi) is 3.85. The predicted molar refractivity (Wildman–Crippen MR) is 81.5 cm³/mol. The van der Waals surface area contributed by atoms with Gasteiger partial charge in [-0.1, -0.05) is 0 Å². The number of nitrogens with one attached hydrogen (secondary N) is 1. The van der Waals surface area contributed by atoms with Gasteiger partial charge in [-0.15, -0.1) is 0 Å². The zero-order valence-electron chi connectivity index (χ0n) is 12.8. The third-order valence-electron chi connectivity index (χ3n) is 4.69. The summed E-state index contributed by atoms with van der Waals surface area (Å²) in [6.07, 6.45) is 3.57. The molecular weight excluding hydrogens is 266 g/mol. The lowest BCUT2D eigenvalue weighted by Crippen LogP contribution is -2.38. The van der Waals surface area contributed by atoms with Crippen LogP contribution in [0.25, 0.3) is 0 Å². The maximum Gasteiger partial charge on any atom is 0.270 e. The van der Waals surface area contributed by atoms with Crippen molar-refractivity contribution in [2.24, 2.45) is 0 Å². The summed E-state index contributed by atoms with van der Waals surface area (Å²) in [6.45, 7) is 7.02. The van der Waals surface area contributed by atoms with Gasteiger partial charge in [-0.25, -0.2) is 0 Å². The maximum atomic E-state index is 12.7. The molecule has 2 saturated heterocycles. The summed E-state index contributed by atoms with van der Waals surface area (Å²) in [5.41, 5.74) is 1.03. The van der Waals surface area contributed by atoms with E-state index in [1.54, 1.807) is 6.07 Å². The van der Waals surface area contributed by atoms with Crippen molar-refractivity contribution in [2.75, 3.05) is 19.6 Å². The highest BCUT2D eigenvalue weighted by molar-refractivity contribution is 5.92. The van der Waals surface area contributed by atoms with Crippen molar-refractivity contribution in [2.45, 2.75) is 45.2 Å². The number of nitrogens with zero attached hydrogens (tertiary/aromatic N) is 2. The third-order valence-corrected chi connectivity index (χ3v) is 4.69. The van der Waals surface area contributed by atoms with Crippen LogP contribution in [0.5, 0.6) is 0 Å². The normalized spacial score (nSPS) is 26.5. The topological polar surface area (TPSA) is 56.4 Å². The van der Waals surface area contributed by atoms with Crippen LogP contribution in [0, 0.1) is 6.92 Å². The number of aromatic amines is 1. The smallest absolute Gasteiger partial charge is 0.270 e. The fourth-order valence-electron chi connectivity index (χ4n) is 3.61. The molecule has 2 atom stereocenters. The van der Waals surface area contributed by atoms with Crippen LogP contribution in [0.15, 0.2) is 16.9 Å². The summed E-state index contributed by atoms with van der Waals surface area (Å²) in [7, 11) is 0. The summed E-state index contributed by atoms with van der Waals surface area (Å²) in [4.78, 5) is 31.3. The Bertz CT molecular complexity index is 589. The van der Waals surface area contributed by atoms with E-state index in [-0.39, 0.29) is 17.5 Å². The summed E-state index contributed by atoms with van der Waals surface area (Å²) in [5.74, 6) is -0.0509. The van der Waals surface area contributed by atoms with E-state index in [2.05, 4.69) is 16.8 Å². The van der Waals surface area contributed by atoms with Crippen LogP contribution in [0.2, 0.25) is 0 Å². The highest BCUT2D eigenvalue weighted by Gasteiger charge is 2.36. The van der Waals surface area contributed by atoms with E-state index in [4.69, 9.17) is 0 Å². The van der Waals surface area contributed by atoms with E-state index >= 15 is 0 Å². The van der Waals surface area contributed by atoms with Crippen molar-refractivity contribution in [1.82, 2.24) is 14.8 Å². The molecule has 2 aliphatic heterocycles. The average Bonchev–Trinajstić information content (AvgIpc) is 3.05. The molecular formula is C16H23N3O2. The Morgan fingerprint density at radius 3 is 2.67 bits per heavy atom. The van der Waals surface area contributed by atoms with Crippen LogP contribution in [0.4, 0.5) is 0 Å². The van der Waals surface area contributed by atoms with Crippen LogP contribution in [-0.2, 0) is 0 Å². The molecule has 1 aromatic heterocycles. The fourth-order valence-corrected chi connectivity index (χ4v) is 3.61. The number of hydrogen-bond donors (Lipinski definition) is 1. The molecule has 2 aliphatic rings. The minimum Gasteiger partial charge on any atom is -0.333 e. The number of pyridine rings is 1. The van der Waals surface area contributed by atoms with E-state index in [0.717, 1.165) is 31.6 Å². The van der Waals surface area contributed by atoms with Gasteiger partial charge in [0.2, 0.25) is 5.56 Å². The average molecular weight is 289 g/mol. The molecule has 0 spiro atoms. The Morgan fingerprint density at radius 2 is 2.00 bits per heavy atom. The van der Waals surface area contributed by atoms with E-state index < -0.39 is 0 Å². The highest BCUT2D eigenvalue weighted by atomic mass is 16.2. The monoisotopic (exact) mass is 289 g/mol. The quantitative estimate of drug-likeness (QED) is 0.895. The number of likely N-dealkylation sites (tertiary alicyclic amines) is 2. The van der Waals surface area contributed by atoms with Gasteiger partial charge in [0.05, 0.1) is 0 Å². The lowest BCUT2D eigenvalue weighted by atomic mass is 10.1. The van der Waals surface area contributed by atoms with E-state index in [1.807, 2.05) is 11.8 Å². The van der Waals surface area contributed by atoms with Crippen molar-refractivity contribution in [1.29, 1.82) is 0 Å². The van der Waals surface area contributed by atoms with Crippen molar-refractivity contribution in [3.8, 4) is 0 Å². The Hall–Kier alpha value is -1.62. The molecule has 0 aromatic carbocycles. The number of aromatic nitrogens is 1. The van der Waals surface area contributed by atoms with Crippen molar-refractivity contribution >= 4 is 5.91 Å². The lowest BCUT2D eigenvalue weighted by Gasteiger charge is -2.24. The maximum absolute atomic E-state index is 12.7. The summed E-state index contributed by atoms with van der Waals surface area (Å²) < 4.78 is 0. The van der Waals surface area contributed by atoms with Gasteiger partial charge in [0.15, 0.2) is 0 Å². The largest absolute Gasteiger partial charge is 0.333 e. The molecule has 1 aromatic rings. The molecule has 2 fully saturated rings. The van der Waals surface area contributed by atoms with Gasteiger partial charge in [-0.2, -0.15) is 0 Å². The third kappa shape index (κ3) is 2.88. The first kappa shape index (κ1) is 14.3. The summed E-state index contributed by atoms with van der Waals surface area (Å²) >= 11 is 0. The molecule has 5 heteroatoms. The number of hydrogen-bond acceptors (Lipinski definition) is 3. The molecule has 2 unspecified atom stereocenters. The minimum atomic E-state index is -0.207. The number of H-pyrrole nitrogens is 1. The first-order valence-electron chi connectivity index (χ1n) is 7.80. The predicted octanol–water partition coefficient (Wildman–Crippen LogP) is 1.38. The second-order valence-electron chi connectivity index (χ2n) is 6.37. The minimum absolute atomic E-state index is 0.0509. The first-order chi connectivity index (χ1) is 10.0. The second kappa shape index (κ2) is 5.64. The molecule has 0 radical (unpaired) electrons. The molecule has 21 heavy (non-hydrogen) atoms. The number of rotatable bonds is 2. The SMILES string of the molecule is Cc1cc(C(=O)N2CC(N3CCCC3)CC2C)[nH]c(=O)c1. The van der Waals surface area contributed by atoms with Crippen molar-refractivity contribution in [3.05, 3.63) is 33.7 Å². The van der Waals surface area contributed by atoms with E-state index in [9.17, 15) is 9.59 Å². The van der Waals surface area contributed by atoms with Gasteiger partial charge in [-0.3, -0.25) is 14.5 Å². The van der Waals surface area contributed by atoms with Gasteiger partial charge in [0.25, 0.3) is 5.91 Å². The molecule has 0 aliphatic carbocycles. The Morgan fingerprint density at radius 1 is 1.29 bits per heavy atom. The molecule has 3 heterocycles. The lowest BCUT2D eigenvalue weighted by molar-refractivity contribution is 0.0731. The van der Waals surface area contributed by atoms with Crippen LogP contribution in [0.3, 0.4) is 0 Å². The fraction of sp³-hybridized carbons (Fsp3) is 0.625. The molecule has 5 nitrogen and oxygen atoms in total. The second-order valence-corrected chi connectivity index (χ2v) is 6.37. The van der Waals surface area contributed by atoms with Gasteiger partial charge in [0.1, 0.15) is 5.69 Å². The van der Waals surface area contributed by atoms with Gasteiger partial charge >= 0.3 is 0 Å². The summed E-state index contributed by atoms with van der Waals surface area (Å²) in [5, 5.41) is 0.